The van der Waals surface area contributed by atoms with Crippen LogP contribution < -0.4 is 40.0 Å². The number of primary sulfonamides is 1. The number of sulfone groups is 1. The second-order valence-electron chi connectivity index (χ2n) is 8.22. The van der Waals surface area contributed by atoms with Crippen molar-refractivity contribution in [3.8, 4) is 0 Å². The summed E-state index contributed by atoms with van der Waals surface area (Å²) in [5.41, 5.74) is -0.343. The van der Waals surface area contributed by atoms with Crippen LogP contribution in [-0.4, -0.2) is 35.6 Å². The third-order valence-electron chi connectivity index (χ3n) is 5.67. The molecule has 10 nitrogen and oxygen atoms in total. The molecule has 1 aromatic carbocycles. The summed E-state index contributed by atoms with van der Waals surface area (Å²) in [6.07, 6.45) is 7.66. The summed E-state index contributed by atoms with van der Waals surface area (Å²) in [5.74, 6) is -0.0684. The topological polar surface area (TPSA) is 177 Å². The summed E-state index contributed by atoms with van der Waals surface area (Å²) in [5, 5.41) is 7.88. The molecule has 1 saturated carbocycles. The second kappa shape index (κ2) is 11.9. The van der Waals surface area contributed by atoms with Crippen LogP contribution in [0.25, 0.3) is 0 Å². The van der Waals surface area contributed by atoms with Gasteiger partial charge in [0.25, 0.3) is 0 Å². The van der Waals surface area contributed by atoms with Gasteiger partial charge in [-0.05, 0) is 43.0 Å². The van der Waals surface area contributed by atoms with Crippen LogP contribution in [0.3, 0.4) is 0 Å². The Morgan fingerprint density at radius 3 is 2.09 bits per heavy atom. The Hall–Kier alpha value is -0.930. The van der Waals surface area contributed by atoms with Gasteiger partial charge in [-0.2, -0.15) is 0 Å². The quantitative estimate of drug-likeness (QED) is 0.331. The van der Waals surface area contributed by atoms with E-state index < -0.39 is 44.7 Å². The van der Waals surface area contributed by atoms with Gasteiger partial charge in [0.2, 0.25) is 10.0 Å². The number of hydrogen-bond acceptors (Lipinski definition) is 9. The third kappa shape index (κ3) is 7.79. The van der Waals surface area contributed by atoms with E-state index >= 15 is 0 Å². The van der Waals surface area contributed by atoms with E-state index in [1.54, 1.807) is 12.1 Å². The van der Waals surface area contributed by atoms with Crippen molar-refractivity contribution >= 4 is 35.7 Å². The number of benzene rings is 1. The molecule has 184 valence electrons. The van der Waals surface area contributed by atoms with Gasteiger partial charge in [0.15, 0.2) is 9.84 Å². The molecule has 1 aromatic heterocycles. The van der Waals surface area contributed by atoms with Crippen molar-refractivity contribution in [1.82, 2.24) is 0 Å². The molecule has 0 bridgehead atoms. The molecule has 0 spiro atoms. The fourth-order valence-electron chi connectivity index (χ4n) is 4.05. The molecular formula is C20H27N2NaO8S3. The van der Waals surface area contributed by atoms with Crippen molar-refractivity contribution in [3.63, 3.8) is 0 Å². The predicted molar refractivity (Wildman–Crippen MR) is 120 cm³/mol. The molecule has 0 saturated heterocycles. The van der Waals surface area contributed by atoms with Crippen LogP contribution in [0.15, 0.2) is 49.6 Å². The molecule has 1 aliphatic carbocycles. The molecule has 1 heterocycles. The Balaban J connectivity index is 0.00000408. The van der Waals surface area contributed by atoms with Crippen LogP contribution in [0.1, 0.15) is 50.7 Å². The predicted octanol–water partition coefficient (Wildman–Crippen LogP) is -0.419. The van der Waals surface area contributed by atoms with Crippen LogP contribution in [0, 0.1) is 5.92 Å². The number of furan rings is 1. The molecule has 2 aromatic rings. The number of rotatable bonds is 8. The molecule has 1 aliphatic rings. The van der Waals surface area contributed by atoms with E-state index in [9.17, 15) is 29.8 Å². The number of hydrogen-bond donors (Lipinski definition) is 2. The van der Waals surface area contributed by atoms with Gasteiger partial charge in [0.1, 0.15) is 20.8 Å². The summed E-state index contributed by atoms with van der Waals surface area (Å²) in [4.78, 5) is -2.45. The Labute approximate surface area is 222 Å². The normalized spacial score (nSPS) is 16.3. The zero-order valence-corrected chi connectivity index (χ0v) is 23.3. The van der Waals surface area contributed by atoms with Gasteiger partial charge in [-0.15, -0.1) is 0 Å². The van der Waals surface area contributed by atoms with Crippen molar-refractivity contribution in [1.29, 1.82) is 0 Å². The minimum Gasteiger partial charge on any atom is -0.744 e. The van der Waals surface area contributed by atoms with E-state index in [1.807, 2.05) is 0 Å². The molecule has 1 fully saturated rings. The van der Waals surface area contributed by atoms with Gasteiger partial charge in [-0.1, -0.05) is 32.1 Å². The molecule has 0 unspecified atom stereocenters. The molecule has 0 atom stereocenters. The van der Waals surface area contributed by atoms with Crippen molar-refractivity contribution in [2.75, 3.05) is 11.1 Å². The van der Waals surface area contributed by atoms with Crippen LogP contribution in [0.4, 0.5) is 5.69 Å². The van der Waals surface area contributed by atoms with Crippen LogP contribution in [-0.2, 0) is 36.5 Å². The van der Waals surface area contributed by atoms with Crippen LogP contribution >= 0.6 is 0 Å². The van der Waals surface area contributed by atoms with Crippen LogP contribution in [0.5, 0.6) is 0 Å². The van der Waals surface area contributed by atoms with Crippen LogP contribution in [0.2, 0.25) is 0 Å². The summed E-state index contributed by atoms with van der Waals surface area (Å²) in [7, 11) is -14.0. The summed E-state index contributed by atoms with van der Waals surface area (Å²) in [6.45, 7) is -0.0631. The SMILES string of the molecule is NS(=O)(=O)c1cc(S(=O)(=O)[O-])c(NCc2ccco2)cc1S(=O)(=O)CC1CCCCCCC1.[Na+]. The first-order chi connectivity index (χ1) is 15.4. The van der Waals surface area contributed by atoms with Gasteiger partial charge < -0.3 is 14.3 Å². The van der Waals surface area contributed by atoms with Gasteiger partial charge in [-0.3, -0.25) is 0 Å². The molecule has 0 aliphatic heterocycles. The average Bonchev–Trinajstić information content (AvgIpc) is 3.20. The van der Waals surface area contributed by atoms with E-state index in [0.29, 0.717) is 24.7 Å². The summed E-state index contributed by atoms with van der Waals surface area (Å²) in [6, 6.07) is 4.57. The smallest absolute Gasteiger partial charge is 0.744 e. The first-order valence-corrected chi connectivity index (χ1v) is 15.1. The maximum Gasteiger partial charge on any atom is 1.00 e. The van der Waals surface area contributed by atoms with E-state index in [-0.39, 0.29) is 53.5 Å². The maximum atomic E-state index is 13.3. The monoisotopic (exact) mass is 542 g/mol. The molecular weight excluding hydrogens is 515 g/mol. The Morgan fingerprint density at radius 2 is 1.56 bits per heavy atom. The van der Waals surface area contributed by atoms with Gasteiger partial charge in [0, 0.05) is 0 Å². The third-order valence-corrected chi connectivity index (χ3v) is 9.54. The first-order valence-electron chi connectivity index (χ1n) is 10.5. The Bertz CT molecular complexity index is 1280. The summed E-state index contributed by atoms with van der Waals surface area (Å²) >= 11 is 0. The largest absolute Gasteiger partial charge is 1.00 e. The van der Waals surface area contributed by atoms with Gasteiger partial charge >= 0.3 is 29.6 Å². The molecule has 3 N–H and O–H groups in total. The van der Waals surface area contributed by atoms with E-state index in [1.165, 1.54) is 6.26 Å². The molecule has 0 radical (unpaired) electrons. The zero-order valence-electron chi connectivity index (χ0n) is 18.9. The van der Waals surface area contributed by atoms with Gasteiger partial charge in [-0.25, -0.2) is 30.4 Å². The average molecular weight is 543 g/mol. The fraction of sp³-hybridized carbons (Fsp3) is 0.500. The van der Waals surface area contributed by atoms with E-state index in [2.05, 4.69) is 5.32 Å². The van der Waals surface area contributed by atoms with Crippen molar-refractivity contribution in [2.45, 2.75) is 66.2 Å². The zero-order chi connectivity index (χ0) is 24.3. The summed E-state index contributed by atoms with van der Waals surface area (Å²) < 4.78 is 91.7. The first kappa shape index (κ1) is 29.3. The van der Waals surface area contributed by atoms with E-state index in [4.69, 9.17) is 9.56 Å². The minimum atomic E-state index is -5.16. The minimum absolute atomic E-state index is 0. The van der Waals surface area contributed by atoms with Crippen molar-refractivity contribution in [3.05, 3.63) is 36.3 Å². The van der Waals surface area contributed by atoms with Crippen molar-refractivity contribution < 1.29 is 63.8 Å². The number of sulfonamides is 1. The van der Waals surface area contributed by atoms with Gasteiger partial charge in [0.05, 0.1) is 34.0 Å². The molecule has 0 amide bonds. The number of nitrogens with two attached hydrogens (primary N) is 1. The Kier molecular flexibility index (Phi) is 10.2. The standard InChI is InChI=1S/C20H28N2O8S3.Na/c21-32(25,26)20-12-18(33(27,28)29)17(22-13-16-9-6-10-30-16)11-19(20)31(23,24)14-15-7-4-2-1-3-5-8-15;/h6,9-12,15,22H,1-5,7-8,13-14H2,(H2,21,25,26)(H,27,28,29);/q;+1/p-1. The maximum absolute atomic E-state index is 13.3. The number of anilines is 1. The second-order valence-corrected chi connectivity index (χ2v) is 13.1. The number of nitrogens with one attached hydrogen (secondary N) is 1. The Morgan fingerprint density at radius 1 is 0.941 bits per heavy atom. The fourth-order valence-corrected chi connectivity index (χ4v) is 7.94. The van der Waals surface area contributed by atoms with E-state index in [0.717, 1.165) is 38.2 Å². The molecule has 34 heavy (non-hydrogen) atoms. The van der Waals surface area contributed by atoms with Crippen molar-refractivity contribution in [2.24, 2.45) is 11.1 Å². The molecule has 14 heteroatoms. The molecule has 3 rings (SSSR count).